The minimum absolute atomic E-state index is 0.113. The van der Waals surface area contributed by atoms with E-state index in [1.54, 1.807) is 24.3 Å². The van der Waals surface area contributed by atoms with Gasteiger partial charge in [-0.2, -0.15) is 4.98 Å². The number of carbonyl (C=O) groups is 1. The molecule has 150 valence electrons. The quantitative estimate of drug-likeness (QED) is 0.475. The molecule has 2 aromatic carbocycles. The van der Waals surface area contributed by atoms with Crippen LogP contribution in [-0.2, 0) is 0 Å². The van der Waals surface area contributed by atoms with Gasteiger partial charge in [0, 0.05) is 35.7 Å². The zero-order chi connectivity index (χ0) is 20.8. The molecule has 7 nitrogen and oxygen atoms in total. The lowest BCUT2D eigenvalue weighted by atomic mass is 10.2. The Bertz CT molecular complexity index is 1010. The van der Waals surface area contributed by atoms with E-state index in [9.17, 15) is 13.6 Å². The first-order valence-electron chi connectivity index (χ1n) is 8.92. The number of rotatable bonds is 6. The van der Waals surface area contributed by atoms with Gasteiger partial charge in [-0.25, -0.2) is 18.6 Å². The first kappa shape index (κ1) is 20.0. The van der Waals surface area contributed by atoms with E-state index in [1.807, 2.05) is 19.9 Å². The van der Waals surface area contributed by atoms with Crippen molar-refractivity contribution >= 4 is 34.9 Å². The van der Waals surface area contributed by atoms with Crippen LogP contribution in [0.25, 0.3) is 0 Å². The summed E-state index contributed by atoms with van der Waals surface area (Å²) in [5, 5.41) is 11.2. The molecule has 9 heteroatoms. The number of nitrogens with zero attached hydrogens (tertiary/aromatic N) is 2. The van der Waals surface area contributed by atoms with Gasteiger partial charge >= 0.3 is 6.03 Å². The lowest BCUT2D eigenvalue weighted by molar-refractivity contribution is 0.262. The number of hydrogen-bond donors (Lipinski definition) is 4. The van der Waals surface area contributed by atoms with Gasteiger partial charge in [-0.1, -0.05) is 0 Å². The second kappa shape index (κ2) is 8.96. The third-order valence-corrected chi connectivity index (χ3v) is 3.78. The molecule has 0 saturated heterocycles. The number of aryl methyl sites for hydroxylation is 1. The average Bonchev–Trinajstić information content (AvgIpc) is 2.65. The average molecular weight is 398 g/mol. The summed E-state index contributed by atoms with van der Waals surface area (Å²) in [6, 6.07) is 11.0. The van der Waals surface area contributed by atoms with Crippen LogP contribution in [0, 0.1) is 18.6 Å². The molecular weight excluding hydrogens is 378 g/mol. The fourth-order valence-corrected chi connectivity index (χ4v) is 2.53. The predicted molar refractivity (Wildman–Crippen MR) is 110 cm³/mol. The van der Waals surface area contributed by atoms with Crippen molar-refractivity contribution < 1.29 is 13.6 Å². The summed E-state index contributed by atoms with van der Waals surface area (Å²) in [5.41, 5.74) is 1.98. The summed E-state index contributed by atoms with van der Waals surface area (Å²) < 4.78 is 26.5. The van der Waals surface area contributed by atoms with Crippen molar-refractivity contribution in [3.05, 3.63) is 65.9 Å². The van der Waals surface area contributed by atoms with Gasteiger partial charge < -0.3 is 21.3 Å². The summed E-state index contributed by atoms with van der Waals surface area (Å²) in [6.45, 7) is 4.56. The van der Waals surface area contributed by atoms with E-state index in [2.05, 4.69) is 31.2 Å². The molecule has 0 bridgehead atoms. The highest BCUT2D eigenvalue weighted by Crippen LogP contribution is 2.20. The molecule has 0 aliphatic heterocycles. The van der Waals surface area contributed by atoms with Gasteiger partial charge in [0.15, 0.2) is 0 Å². The van der Waals surface area contributed by atoms with E-state index < -0.39 is 17.7 Å². The van der Waals surface area contributed by atoms with Crippen LogP contribution in [0.4, 0.5) is 42.4 Å². The van der Waals surface area contributed by atoms with Crippen molar-refractivity contribution in [2.45, 2.75) is 13.8 Å². The third kappa shape index (κ3) is 5.61. The summed E-state index contributed by atoms with van der Waals surface area (Å²) in [6.07, 6.45) is 0. The third-order valence-electron chi connectivity index (χ3n) is 3.78. The number of amides is 2. The monoisotopic (exact) mass is 398 g/mol. The van der Waals surface area contributed by atoms with Gasteiger partial charge in [-0.15, -0.1) is 0 Å². The molecule has 3 aromatic rings. The van der Waals surface area contributed by atoms with Crippen molar-refractivity contribution in [2.75, 3.05) is 27.8 Å². The summed E-state index contributed by atoms with van der Waals surface area (Å²) >= 11 is 0. The maximum Gasteiger partial charge on any atom is 0.323 e. The van der Waals surface area contributed by atoms with Gasteiger partial charge in [0.05, 0.1) is 5.69 Å². The second-order valence-corrected chi connectivity index (χ2v) is 6.15. The minimum Gasteiger partial charge on any atom is -0.354 e. The van der Waals surface area contributed by atoms with Crippen LogP contribution in [0.1, 0.15) is 12.6 Å². The first-order chi connectivity index (χ1) is 13.9. The van der Waals surface area contributed by atoms with Gasteiger partial charge in [-0.3, -0.25) is 0 Å². The molecule has 1 heterocycles. The Morgan fingerprint density at radius 1 is 0.966 bits per heavy atom. The number of nitrogens with one attached hydrogen (secondary N) is 4. The van der Waals surface area contributed by atoms with Crippen LogP contribution in [0.3, 0.4) is 0 Å². The largest absolute Gasteiger partial charge is 0.354 e. The number of anilines is 5. The van der Waals surface area contributed by atoms with Crippen LogP contribution in [-0.4, -0.2) is 22.5 Å². The van der Waals surface area contributed by atoms with E-state index in [0.717, 1.165) is 23.5 Å². The van der Waals surface area contributed by atoms with E-state index >= 15 is 0 Å². The Balaban J connectivity index is 1.62. The molecule has 0 aliphatic carbocycles. The van der Waals surface area contributed by atoms with E-state index in [1.165, 1.54) is 0 Å². The topological polar surface area (TPSA) is 91.0 Å². The fourth-order valence-electron chi connectivity index (χ4n) is 2.53. The number of hydrogen-bond acceptors (Lipinski definition) is 5. The van der Waals surface area contributed by atoms with E-state index in [0.29, 0.717) is 30.1 Å². The van der Waals surface area contributed by atoms with E-state index in [-0.39, 0.29) is 5.69 Å². The lowest BCUT2D eigenvalue weighted by Gasteiger charge is -2.11. The molecule has 0 aliphatic rings. The zero-order valence-corrected chi connectivity index (χ0v) is 15.9. The summed E-state index contributed by atoms with van der Waals surface area (Å²) in [5.74, 6) is -0.388. The maximum atomic E-state index is 13.6. The highest BCUT2D eigenvalue weighted by atomic mass is 19.1. The Morgan fingerprint density at radius 3 is 2.38 bits per heavy atom. The molecule has 0 saturated carbocycles. The normalized spacial score (nSPS) is 10.3. The van der Waals surface area contributed by atoms with E-state index in [4.69, 9.17) is 0 Å². The lowest BCUT2D eigenvalue weighted by Crippen LogP contribution is -2.20. The second-order valence-electron chi connectivity index (χ2n) is 6.15. The molecule has 0 fully saturated rings. The Hall–Kier alpha value is -3.75. The van der Waals surface area contributed by atoms with Crippen LogP contribution in [0.5, 0.6) is 0 Å². The van der Waals surface area contributed by atoms with Crippen molar-refractivity contribution in [3.63, 3.8) is 0 Å². The number of carbonyl (C=O) groups excluding carboxylic acids is 1. The van der Waals surface area contributed by atoms with Gasteiger partial charge in [0.1, 0.15) is 17.5 Å². The molecule has 2 amide bonds. The first-order valence-corrected chi connectivity index (χ1v) is 8.92. The zero-order valence-electron chi connectivity index (χ0n) is 15.9. The highest BCUT2D eigenvalue weighted by molar-refractivity contribution is 5.99. The Morgan fingerprint density at radius 2 is 1.69 bits per heavy atom. The van der Waals surface area contributed by atoms with Crippen molar-refractivity contribution in [3.8, 4) is 0 Å². The standard InChI is InChI=1S/C20H20F2N6O/c1-3-23-19-24-12(2)10-18(28-19)25-14-5-7-15(8-6-14)26-20(29)27-17-9-4-13(21)11-16(17)22/h4-11H,3H2,1-2H3,(H2,26,27,29)(H2,23,24,25,28). The smallest absolute Gasteiger partial charge is 0.323 e. The van der Waals surface area contributed by atoms with Crippen LogP contribution < -0.4 is 21.3 Å². The van der Waals surface area contributed by atoms with Crippen molar-refractivity contribution in [2.24, 2.45) is 0 Å². The van der Waals surface area contributed by atoms with Gasteiger partial charge in [0.2, 0.25) is 5.95 Å². The Kier molecular flexibility index (Phi) is 6.18. The molecule has 29 heavy (non-hydrogen) atoms. The number of halogens is 2. The van der Waals surface area contributed by atoms with Crippen molar-refractivity contribution in [1.29, 1.82) is 0 Å². The number of urea groups is 1. The SMILES string of the molecule is CCNc1nc(C)cc(Nc2ccc(NC(=O)Nc3ccc(F)cc3F)cc2)n1. The summed E-state index contributed by atoms with van der Waals surface area (Å²) in [4.78, 5) is 20.7. The predicted octanol–water partition coefficient (Wildman–Crippen LogP) is 4.88. The molecule has 1 aromatic heterocycles. The minimum atomic E-state index is -0.850. The number of benzene rings is 2. The van der Waals surface area contributed by atoms with Crippen LogP contribution >= 0.6 is 0 Å². The molecule has 0 spiro atoms. The number of aromatic nitrogens is 2. The molecule has 0 radical (unpaired) electrons. The highest BCUT2D eigenvalue weighted by Gasteiger charge is 2.08. The van der Waals surface area contributed by atoms with Crippen LogP contribution in [0.2, 0.25) is 0 Å². The summed E-state index contributed by atoms with van der Waals surface area (Å²) in [7, 11) is 0. The molecule has 0 unspecified atom stereocenters. The van der Waals surface area contributed by atoms with Crippen molar-refractivity contribution in [1.82, 2.24) is 9.97 Å². The molecule has 0 atom stereocenters. The molecule has 3 rings (SSSR count). The van der Waals surface area contributed by atoms with Crippen LogP contribution in [0.15, 0.2) is 48.5 Å². The molecular formula is C20H20F2N6O. The molecule has 4 N–H and O–H groups in total. The Labute approximate surface area is 166 Å². The van der Waals surface area contributed by atoms with Gasteiger partial charge in [-0.05, 0) is 50.2 Å². The fraction of sp³-hybridized carbons (Fsp3) is 0.150. The maximum absolute atomic E-state index is 13.6. The van der Waals surface area contributed by atoms with Gasteiger partial charge in [0.25, 0.3) is 0 Å².